The second-order valence-corrected chi connectivity index (χ2v) is 5.84. The number of nitrogens with zero attached hydrogens (tertiary/aromatic N) is 1. The zero-order valence-electron chi connectivity index (χ0n) is 10.2. The van der Waals surface area contributed by atoms with Gasteiger partial charge in [-0.2, -0.15) is 0 Å². The summed E-state index contributed by atoms with van der Waals surface area (Å²) in [5.74, 6) is 1.39. The van der Waals surface area contributed by atoms with E-state index < -0.39 is 0 Å². The molecule has 2 unspecified atom stereocenters. The number of hydrogen-bond acceptors (Lipinski definition) is 4. The Morgan fingerprint density at radius 1 is 1.33 bits per heavy atom. The molecule has 1 amide bonds. The van der Waals surface area contributed by atoms with E-state index in [2.05, 4.69) is 15.6 Å². The number of piperidine rings is 1. The van der Waals surface area contributed by atoms with Crippen molar-refractivity contribution >= 4 is 42.1 Å². The molecule has 1 aromatic heterocycles. The molecule has 0 bridgehead atoms. The maximum absolute atomic E-state index is 12.0. The molecule has 2 fully saturated rings. The van der Waals surface area contributed by atoms with Crippen LogP contribution in [0.2, 0.25) is 0 Å². The number of rotatable bonds is 2. The molecule has 2 aliphatic rings. The molecule has 2 atom stereocenters. The molecule has 0 spiro atoms. The molecule has 4 nitrogen and oxygen atoms in total. The van der Waals surface area contributed by atoms with Crippen molar-refractivity contribution in [1.29, 1.82) is 0 Å². The first-order valence-corrected chi connectivity index (χ1v) is 6.44. The lowest BCUT2D eigenvalue weighted by Crippen LogP contribution is -2.32. The summed E-state index contributed by atoms with van der Waals surface area (Å²) in [6.45, 7) is 5.94. The maximum Gasteiger partial charge on any atom is 0.263 e. The number of hydrogen-bond donors (Lipinski definition) is 2. The van der Waals surface area contributed by atoms with Crippen LogP contribution in [0.15, 0.2) is 0 Å². The van der Waals surface area contributed by atoms with E-state index in [1.807, 2.05) is 13.8 Å². The van der Waals surface area contributed by atoms with Gasteiger partial charge in [-0.05, 0) is 25.7 Å². The number of amides is 1. The Balaban J connectivity index is 0.000000810. The lowest BCUT2D eigenvalue weighted by Gasteiger charge is -2.06. The molecule has 7 heteroatoms. The van der Waals surface area contributed by atoms with Gasteiger partial charge in [0.2, 0.25) is 0 Å². The van der Waals surface area contributed by atoms with Crippen molar-refractivity contribution in [2.24, 2.45) is 11.8 Å². The van der Waals surface area contributed by atoms with Gasteiger partial charge in [-0.1, -0.05) is 0 Å². The topological polar surface area (TPSA) is 54.0 Å². The summed E-state index contributed by atoms with van der Waals surface area (Å²) in [5, 5.41) is 7.40. The van der Waals surface area contributed by atoms with E-state index in [1.165, 1.54) is 11.3 Å². The van der Waals surface area contributed by atoms with Gasteiger partial charge in [0.25, 0.3) is 5.91 Å². The highest BCUT2D eigenvalue weighted by molar-refractivity contribution is 7.13. The van der Waals surface area contributed by atoms with Crippen molar-refractivity contribution in [2.45, 2.75) is 19.9 Å². The first kappa shape index (κ1) is 15.7. The minimum atomic E-state index is 0. The van der Waals surface area contributed by atoms with E-state index in [9.17, 15) is 4.79 Å². The molecule has 2 N–H and O–H groups in total. The predicted octanol–water partition coefficient (Wildman–Crippen LogP) is 1.55. The highest BCUT2D eigenvalue weighted by Crippen LogP contribution is 2.41. The van der Waals surface area contributed by atoms with Crippen LogP contribution in [0.25, 0.3) is 0 Å². The molecule has 1 aliphatic heterocycles. The molecular weight excluding hydrogens is 293 g/mol. The van der Waals surface area contributed by atoms with Gasteiger partial charge in [-0.15, -0.1) is 36.2 Å². The Bertz CT molecular complexity index is 441. The van der Waals surface area contributed by atoms with E-state index in [0.29, 0.717) is 17.9 Å². The van der Waals surface area contributed by atoms with Gasteiger partial charge in [0.15, 0.2) is 0 Å². The lowest BCUT2D eigenvalue weighted by atomic mass is 10.3. The Morgan fingerprint density at radius 3 is 2.44 bits per heavy atom. The fourth-order valence-corrected chi connectivity index (χ4v) is 3.41. The fourth-order valence-electron chi connectivity index (χ4n) is 2.59. The van der Waals surface area contributed by atoms with Gasteiger partial charge in [0.05, 0.1) is 10.7 Å². The SMILES string of the molecule is Cc1nc(C)c(C(=O)NC2C3CNCC32)s1.Cl.Cl. The van der Waals surface area contributed by atoms with Crippen molar-refractivity contribution in [1.82, 2.24) is 15.6 Å². The minimum absolute atomic E-state index is 0. The lowest BCUT2D eigenvalue weighted by molar-refractivity contribution is 0.0950. The number of thiazole rings is 1. The summed E-state index contributed by atoms with van der Waals surface area (Å²) in [6.07, 6.45) is 0. The summed E-state index contributed by atoms with van der Waals surface area (Å²) >= 11 is 1.48. The fraction of sp³-hybridized carbons (Fsp3) is 0.636. The van der Waals surface area contributed by atoms with Crippen LogP contribution in [-0.4, -0.2) is 30.0 Å². The van der Waals surface area contributed by atoms with Crippen LogP contribution in [0.4, 0.5) is 0 Å². The molecule has 1 aromatic rings. The highest BCUT2D eigenvalue weighted by atomic mass is 35.5. The molecular formula is C11H17Cl2N3OS. The summed E-state index contributed by atoms with van der Waals surface area (Å²) < 4.78 is 0. The van der Waals surface area contributed by atoms with Gasteiger partial charge in [-0.25, -0.2) is 4.98 Å². The number of nitrogens with one attached hydrogen (secondary N) is 2. The largest absolute Gasteiger partial charge is 0.348 e. The van der Waals surface area contributed by atoms with Crippen LogP contribution in [0.3, 0.4) is 0 Å². The average Bonchev–Trinajstić information content (AvgIpc) is 2.66. The summed E-state index contributed by atoms with van der Waals surface area (Å²) in [5.41, 5.74) is 0.851. The van der Waals surface area contributed by atoms with Gasteiger partial charge in [0.1, 0.15) is 4.88 Å². The van der Waals surface area contributed by atoms with Crippen molar-refractivity contribution in [3.8, 4) is 0 Å². The third-order valence-corrected chi connectivity index (χ3v) is 4.57. The average molecular weight is 310 g/mol. The maximum atomic E-state index is 12.0. The molecule has 18 heavy (non-hydrogen) atoms. The predicted molar refractivity (Wildman–Crippen MR) is 77.2 cm³/mol. The van der Waals surface area contributed by atoms with E-state index in [4.69, 9.17) is 0 Å². The van der Waals surface area contributed by atoms with Gasteiger partial charge in [0, 0.05) is 19.1 Å². The van der Waals surface area contributed by atoms with E-state index in [0.717, 1.165) is 28.7 Å². The van der Waals surface area contributed by atoms with Gasteiger partial charge < -0.3 is 10.6 Å². The minimum Gasteiger partial charge on any atom is -0.348 e. The highest BCUT2D eigenvalue weighted by Gasteiger charge is 2.53. The second kappa shape index (κ2) is 5.74. The molecule has 2 heterocycles. The quantitative estimate of drug-likeness (QED) is 0.871. The third kappa shape index (κ3) is 2.64. The summed E-state index contributed by atoms with van der Waals surface area (Å²) in [4.78, 5) is 17.1. The molecule has 3 rings (SSSR count). The Hall–Kier alpha value is -0.360. The van der Waals surface area contributed by atoms with Crippen LogP contribution < -0.4 is 10.6 Å². The molecule has 1 saturated heterocycles. The van der Waals surface area contributed by atoms with Crippen LogP contribution in [0, 0.1) is 25.7 Å². The molecule has 102 valence electrons. The zero-order valence-corrected chi connectivity index (χ0v) is 12.7. The first-order chi connectivity index (χ1) is 7.66. The molecule has 1 saturated carbocycles. The van der Waals surface area contributed by atoms with Gasteiger partial charge >= 0.3 is 0 Å². The zero-order chi connectivity index (χ0) is 11.3. The van der Waals surface area contributed by atoms with Gasteiger partial charge in [-0.3, -0.25) is 4.79 Å². The van der Waals surface area contributed by atoms with Crippen molar-refractivity contribution in [3.05, 3.63) is 15.6 Å². The van der Waals surface area contributed by atoms with E-state index >= 15 is 0 Å². The second-order valence-electron chi connectivity index (χ2n) is 4.63. The number of carbonyl (C=O) groups excluding carboxylic acids is 1. The standard InChI is InChI=1S/C11H15N3OS.2ClH/c1-5-10(16-6(2)13-5)11(15)14-9-7-3-12-4-8(7)9;;/h7-9,12H,3-4H2,1-2H3,(H,14,15);2*1H. The number of aryl methyl sites for hydroxylation is 2. The Morgan fingerprint density at radius 2 is 1.94 bits per heavy atom. The number of fused-ring (bicyclic) bond motifs is 1. The summed E-state index contributed by atoms with van der Waals surface area (Å²) in [6, 6.07) is 0.399. The summed E-state index contributed by atoms with van der Waals surface area (Å²) in [7, 11) is 0. The number of halogens is 2. The van der Waals surface area contributed by atoms with Crippen molar-refractivity contribution < 1.29 is 4.79 Å². The molecule has 0 radical (unpaired) electrons. The van der Waals surface area contributed by atoms with E-state index in [-0.39, 0.29) is 30.7 Å². The normalized spacial score (nSPS) is 27.8. The van der Waals surface area contributed by atoms with Crippen LogP contribution in [0.1, 0.15) is 20.4 Å². The first-order valence-electron chi connectivity index (χ1n) is 5.62. The molecule has 0 aromatic carbocycles. The Labute approximate surface area is 123 Å². The van der Waals surface area contributed by atoms with Crippen LogP contribution >= 0.6 is 36.2 Å². The Kier molecular flexibility index (Phi) is 5.00. The number of carbonyl (C=O) groups is 1. The number of aromatic nitrogens is 1. The van der Waals surface area contributed by atoms with Crippen molar-refractivity contribution in [3.63, 3.8) is 0 Å². The van der Waals surface area contributed by atoms with Crippen LogP contribution in [-0.2, 0) is 0 Å². The molecule has 1 aliphatic carbocycles. The third-order valence-electron chi connectivity index (χ3n) is 3.50. The van der Waals surface area contributed by atoms with E-state index in [1.54, 1.807) is 0 Å². The van der Waals surface area contributed by atoms with Crippen LogP contribution in [0.5, 0.6) is 0 Å². The van der Waals surface area contributed by atoms with Crippen molar-refractivity contribution in [2.75, 3.05) is 13.1 Å². The monoisotopic (exact) mass is 309 g/mol. The smallest absolute Gasteiger partial charge is 0.263 e.